The standard InChI is InChI=1S/C20H26N2O4S/c1-14(2)20(3,13-21)22-18(23)11-26-19(24)16-8-4-5-9-17(16)27-12-15-7-6-10-25-15/h4-5,8-9,14-15H,6-7,10-12H2,1-3H3,(H,22,23)/t15-,20-/m1/s1. The zero-order valence-corrected chi connectivity index (χ0v) is 16.8. The average molecular weight is 391 g/mol. The first-order valence-corrected chi connectivity index (χ1v) is 10.1. The molecular weight excluding hydrogens is 364 g/mol. The lowest BCUT2D eigenvalue weighted by atomic mass is 9.90. The number of hydrogen-bond acceptors (Lipinski definition) is 6. The predicted octanol–water partition coefficient (Wildman–Crippen LogP) is 3.17. The fraction of sp³-hybridized carbons (Fsp3) is 0.550. The Kier molecular flexibility index (Phi) is 7.69. The molecular formula is C20H26N2O4S. The van der Waals surface area contributed by atoms with E-state index in [1.54, 1.807) is 30.8 Å². The number of nitrogens with one attached hydrogen (secondary N) is 1. The van der Waals surface area contributed by atoms with E-state index in [2.05, 4.69) is 11.4 Å². The summed E-state index contributed by atoms with van der Waals surface area (Å²) in [6, 6.07) is 9.27. The van der Waals surface area contributed by atoms with Gasteiger partial charge in [0.1, 0.15) is 5.54 Å². The Bertz CT molecular complexity index is 710. The first-order valence-electron chi connectivity index (χ1n) is 9.08. The van der Waals surface area contributed by atoms with Gasteiger partial charge in [-0.05, 0) is 37.8 Å². The zero-order chi connectivity index (χ0) is 19.9. The Morgan fingerprint density at radius 3 is 2.81 bits per heavy atom. The van der Waals surface area contributed by atoms with Gasteiger partial charge in [-0.2, -0.15) is 5.26 Å². The van der Waals surface area contributed by atoms with E-state index in [0.29, 0.717) is 5.56 Å². The number of benzene rings is 1. The van der Waals surface area contributed by atoms with Crippen molar-refractivity contribution in [2.24, 2.45) is 5.92 Å². The maximum absolute atomic E-state index is 12.4. The van der Waals surface area contributed by atoms with Gasteiger partial charge in [-0.3, -0.25) is 4.79 Å². The number of hydrogen-bond donors (Lipinski definition) is 1. The Labute approximate surface area is 164 Å². The number of amides is 1. The SMILES string of the molecule is CC(C)[C@@](C)(C#N)NC(=O)COC(=O)c1ccccc1SC[C@H]1CCCO1. The fourth-order valence-electron chi connectivity index (χ4n) is 2.56. The van der Waals surface area contributed by atoms with E-state index >= 15 is 0 Å². The van der Waals surface area contributed by atoms with Crippen molar-refractivity contribution in [1.29, 1.82) is 5.26 Å². The molecule has 1 heterocycles. The molecule has 7 heteroatoms. The lowest BCUT2D eigenvalue weighted by Gasteiger charge is -2.27. The van der Waals surface area contributed by atoms with Gasteiger partial charge in [0.05, 0.1) is 17.7 Å². The number of ether oxygens (including phenoxy) is 2. The molecule has 1 saturated heterocycles. The molecule has 0 unspecified atom stereocenters. The Morgan fingerprint density at radius 2 is 2.19 bits per heavy atom. The molecule has 1 aliphatic rings. The van der Waals surface area contributed by atoms with Gasteiger partial charge in [-0.15, -0.1) is 11.8 Å². The highest BCUT2D eigenvalue weighted by molar-refractivity contribution is 7.99. The van der Waals surface area contributed by atoms with Gasteiger partial charge in [0.25, 0.3) is 5.91 Å². The third-order valence-corrected chi connectivity index (χ3v) is 5.88. The molecule has 146 valence electrons. The molecule has 1 amide bonds. The highest BCUT2D eigenvalue weighted by atomic mass is 32.2. The molecule has 1 fully saturated rings. The van der Waals surface area contributed by atoms with Gasteiger partial charge in [-0.25, -0.2) is 4.79 Å². The maximum Gasteiger partial charge on any atom is 0.339 e. The molecule has 0 saturated carbocycles. The van der Waals surface area contributed by atoms with Gasteiger partial charge in [0.2, 0.25) is 0 Å². The average Bonchev–Trinajstić information content (AvgIpc) is 3.18. The van der Waals surface area contributed by atoms with E-state index in [1.165, 1.54) is 0 Å². The summed E-state index contributed by atoms with van der Waals surface area (Å²) < 4.78 is 10.8. The molecule has 0 aliphatic carbocycles. The molecule has 6 nitrogen and oxygen atoms in total. The number of rotatable bonds is 8. The lowest BCUT2D eigenvalue weighted by molar-refractivity contribution is -0.125. The molecule has 0 spiro atoms. The van der Waals surface area contributed by atoms with E-state index in [4.69, 9.17) is 9.47 Å². The van der Waals surface area contributed by atoms with E-state index in [0.717, 1.165) is 30.1 Å². The van der Waals surface area contributed by atoms with Crippen molar-refractivity contribution in [3.8, 4) is 6.07 Å². The maximum atomic E-state index is 12.4. The minimum Gasteiger partial charge on any atom is -0.452 e. The Hall–Kier alpha value is -2.04. The van der Waals surface area contributed by atoms with E-state index in [9.17, 15) is 14.9 Å². The number of nitrogens with zero attached hydrogens (tertiary/aromatic N) is 1. The molecule has 1 N–H and O–H groups in total. The quantitative estimate of drug-likeness (QED) is 0.542. The minimum absolute atomic E-state index is 0.0721. The third-order valence-electron chi connectivity index (χ3n) is 4.68. The van der Waals surface area contributed by atoms with Gasteiger partial charge >= 0.3 is 5.97 Å². The molecule has 1 aromatic carbocycles. The molecule has 1 aliphatic heterocycles. The van der Waals surface area contributed by atoms with Crippen LogP contribution in [-0.4, -0.2) is 42.5 Å². The first kappa shape index (κ1) is 21.3. The normalized spacial score (nSPS) is 18.6. The second-order valence-corrected chi connectivity index (χ2v) is 8.10. The highest BCUT2D eigenvalue weighted by Gasteiger charge is 2.30. The largest absolute Gasteiger partial charge is 0.452 e. The van der Waals surface area contributed by atoms with Gasteiger partial charge in [0, 0.05) is 17.3 Å². The molecule has 2 rings (SSSR count). The number of carbonyl (C=O) groups is 2. The molecule has 0 radical (unpaired) electrons. The van der Waals surface area contributed by atoms with Crippen LogP contribution in [0.25, 0.3) is 0 Å². The van der Waals surface area contributed by atoms with Crippen LogP contribution in [-0.2, 0) is 14.3 Å². The van der Waals surface area contributed by atoms with E-state index < -0.39 is 24.0 Å². The summed E-state index contributed by atoms with van der Waals surface area (Å²) in [6.07, 6.45) is 2.32. The Balaban J connectivity index is 1.92. The van der Waals surface area contributed by atoms with Gasteiger partial charge in [0.15, 0.2) is 6.61 Å². The van der Waals surface area contributed by atoms with Crippen LogP contribution in [0, 0.1) is 17.2 Å². The second kappa shape index (κ2) is 9.77. The van der Waals surface area contributed by atoms with Crippen molar-refractivity contribution in [3.05, 3.63) is 29.8 Å². The third kappa shape index (κ3) is 5.98. The summed E-state index contributed by atoms with van der Waals surface area (Å²) in [6.45, 7) is 5.71. The monoisotopic (exact) mass is 390 g/mol. The van der Waals surface area contributed by atoms with Crippen molar-refractivity contribution in [3.63, 3.8) is 0 Å². The van der Waals surface area contributed by atoms with E-state index in [-0.39, 0.29) is 12.0 Å². The van der Waals surface area contributed by atoms with Crippen molar-refractivity contribution < 1.29 is 19.1 Å². The van der Waals surface area contributed by atoms with Crippen molar-refractivity contribution in [1.82, 2.24) is 5.32 Å². The van der Waals surface area contributed by atoms with Gasteiger partial charge in [-0.1, -0.05) is 26.0 Å². The summed E-state index contributed by atoms with van der Waals surface area (Å²) >= 11 is 1.55. The molecule has 1 aromatic rings. The molecule has 27 heavy (non-hydrogen) atoms. The smallest absolute Gasteiger partial charge is 0.339 e. The number of esters is 1. The number of carbonyl (C=O) groups excluding carboxylic acids is 2. The van der Waals surface area contributed by atoms with Crippen LogP contribution in [0.5, 0.6) is 0 Å². The number of nitriles is 1. The summed E-state index contributed by atoms with van der Waals surface area (Å²) in [7, 11) is 0. The van der Waals surface area contributed by atoms with Crippen LogP contribution in [0.2, 0.25) is 0 Å². The minimum atomic E-state index is -1.00. The Morgan fingerprint density at radius 1 is 1.44 bits per heavy atom. The van der Waals surface area contributed by atoms with Crippen LogP contribution in [0.4, 0.5) is 0 Å². The summed E-state index contributed by atoms with van der Waals surface area (Å²) in [5.74, 6) is -0.342. The van der Waals surface area contributed by atoms with Crippen molar-refractivity contribution in [2.45, 2.75) is 50.2 Å². The second-order valence-electron chi connectivity index (χ2n) is 7.04. The first-order chi connectivity index (χ1) is 12.9. The lowest BCUT2D eigenvalue weighted by Crippen LogP contribution is -2.50. The van der Waals surface area contributed by atoms with Crippen molar-refractivity contribution in [2.75, 3.05) is 19.0 Å². The number of thioether (sulfide) groups is 1. The van der Waals surface area contributed by atoms with Crippen LogP contribution in [0.3, 0.4) is 0 Å². The molecule has 0 bridgehead atoms. The topological polar surface area (TPSA) is 88.4 Å². The fourth-order valence-corrected chi connectivity index (χ4v) is 3.67. The summed E-state index contributed by atoms with van der Waals surface area (Å²) in [5, 5.41) is 11.9. The summed E-state index contributed by atoms with van der Waals surface area (Å²) in [4.78, 5) is 25.3. The van der Waals surface area contributed by atoms with Gasteiger partial charge < -0.3 is 14.8 Å². The molecule has 0 aromatic heterocycles. The van der Waals surface area contributed by atoms with Crippen LogP contribution >= 0.6 is 11.8 Å². The predicted molar refractivity (Wildman–Crippen MR) is 103 cm³/mol. The van der Waals surface area contributed by atoms with Crippen LogP contribution in [0.1, 0.15) is 44.0 Å². The highest BCUT2D eigenvalue weighted by Crippen LogP contribution is 2.27. The van der Waals surface area contributed by atoms with Crippen molar-refractivity contribution >= 4 is 23.6 Å². The van der Waals surface area contributed by atoms with E-state index in [1.807, 2.05) is 26.0 Å². The van der Waals surface area contributed by atoms with Crippen LogP contribution in [0.15, 0.2) is 29.2 Å². The molecule has 2 atom stereocenters. The van der Waals surface area contributed by atoms with Crippen LogP contribution < -0.4 is 5.32 Å². The zero-order valence-electron chi connectivity index (χ0n) is 16.0. The summed E-state index contributed by atoms with van der Waals surface area (Å²) in [5.41, 5.74) is -0.571.